The predicted octanol–water partition coefficient (Wildman–Crippen LogP) is 2.94. The largest absolute Gasteiger partial charge is 0.465 e. The van der Waals surface area contributed by atoms with Crippen LogP contribution in [-0.2, 0) is 4.74 Å². The van der Waals surface area contributed by atoms with Gasteiger partial charge in [-0.2, -0.15) is 0 Å². The van der Waals surface area contributed by atoms with E-state index in [1.54, 1.807) is 30.9 Å². The van der Waals surface area contributed by atoms with Gasteiger partial charge in [0.1, 0.15) is 11.4 Å². The standard InChI is InChI=1S/C19H21ClN4O5/c1-11-16(19(26)29-3)12(2)21-17(11)18(25)23-8-6-22(7-9-23)14-5-4-13(20)10-15(14)24(27)28/h4-5,10,21H,6-9H2,1-3H3. The van der Waals surface area contributed by atoms with Crippen molar-refractivity contribution in [2.24, 2.45) is 0 Å². The maximum atomic E-state index is 13.0. The number of benzene rings is 1. The van der Waals surface area contributed by atoms with E-state index in [2.05, 4.69) is 4.98 Å². The summed E-state index contributed by atoms with van der Waals surface area (Å²) in [5.41, 5.74) is 2.27. The van der Waals surface area contributed by atoms with E-state index in [1.807, 2.05) is 4.90 Å². The van der Waals surface area contributed by atoms with E-state index in [0.717, 1.165) is 0 Å². The number of hydrogen-bond acceptors (Lipinski definition) is 6. The third kappa shape index (κ3) is 3.91. The zero-order chi connectivity index (χ0) is 21.3. The molecule has 2 heterocycles. The molecule has 1 N–H and O–H groups in total. The van der Waals surface area contributed by atoms with Gasteiger partial charge in [0.25, 0.3) is 11.6 Å². The Morgan fingerprint density at radius 1 is 1.21 bits per heavy atom. The number of H-pyrrole nitrogens is 1. The molecule has 0 saturated carbocycles. The van der Waals surface area contributed by atoms with Gasteiger partial charge in [-0.3, -0.25) is 14.9 Å². The fourth-order valence-corrected chi connectivity index (χ4v) is 3.76. The van der Waals surface area contributed by atoms with Crippen LogP contribution in [-0.4, -0.2) is 60.0 Å². The highest BCUT2D eigenvalue weighted by molar-refractivity contribution is 6.30. The molecule has 1 saturated heterocycles. The number of methoxy groups -OCH3 is 1. The van der Waals surface area contributed by atoms with Crippen LogP contribution in [0.5, 0.6) is 0 Å². The molecule has 0 unspecified atom stereocenters. The fraction of sp³-hybridized carbons (Fsp3) is 0.368. The second-order valence-corrected chi connectivity index (χ2v) is 7.22. The third-order valence-electron chi connectivity index (χ3n) is 5.08. The third-order valence-corrected chi connectivity index (χ3v) is 5.32. The Kier molecular flexibility index (Phi) is 5.78. The van der Waals surface area contributed by atoms with Crippen molar-refractivity contribution in [3.63, 3.8) is 0 Å². The summed E-state index contributed by atoms with van der Waals surface area (Å²) in [4.78, 5) is 42.3. The highest BCUT2D eigenvalue weighted by Gasteiger charge is 2.29. The highest BCUT2D eigenvalue weighted by atomic mass is 35.5. The van der Waals surface area contributed by atoms with E-state index < -0.39 is 10.9 Å². The van der Waals surface area contributed by atoms with Crippen molar-refractivity contribution in [3.05, 3.63) is 55.9 Å². The van der Waals surface area contributed by atoms with Crippen molar-refractivity contribution in [2.75, 3.05) is 38.2 Å². The lowest BCUT2D eigenvalue weighted by molar-refractivity contribution is -0.384. The zero-order valence-corrected chi connectivity index (χ0v) is 17.1. The number of esters is 1. The number of rotatable bonds is 4. The Balaban J connectivity index is 1.76. The fourth-order valence-electron chi connectivity index (χ4n) is 3.59. The monoisotopic (exact) mass is 420 g/mol. The normalized spacial score (nSPS) is 14.1. The van der Waals surface area contributed by atoms with Crippen LogP contribution < -0.4 is 4.90 Å². The summed E-state index contributed by atoms with van der Waals surface area (Å²) < 4.78 is 4.78. The molecule has 0 radical (unpaired) electrons. The first-order valence-electron chi connectivity index (χ1n) is 9.00. The average molecular weight is 421 g/mol. The number of aromatic nitrogens is 1. The predicted molar refractivity (Wildman–Crippen MR) is 108 cm³/mol. The number of nitro benzene ring substituents is 1. The maximum absolute atomic E-state index is 13.0. The molecule has 1 amide bonds. The number of anilines is 1. The molecule has 10 heteroatoms. The minimum atomic E-state index is -0.491. The van der Waals surface area contributed by atoms with Gasteiger partial charge in [-0.1, -0.05) is 11.6 Å². The number of ether oxygens (including phenoxy) is 1. The number of aryl methyl sites for hydroxylation is 1. The minimum absolute atomic E-state index is 0.0594. The zero-order valence-electron chi connectivity index (χ0n) is 16.3. The number of carbonyl (C=O) groups excluding carboxylic acids is 2. The van der Waals surface area contributed by atoms with Crippen LogP contribution in [0.3, 0.4) is 0 Å². The molecule has 1 aliphatic rings. The smallest absolute Gasteiger partial charge is 0.339 e. The summed E-state index contributed by atoms with van der Waals surface area (Å²) in [5.74, 6) is -0.707. The van der Waals surface area contributed by atoms with Crippen LogP contribution in [0, 0.1) is 24.0 Å². The van der Waals surface area contributed by atoms with Gasteiger partial charge < -0.3 is 19.5 Å². The summed E-state index contributed by atoms with van der Waals surface area (Å²) >= 11 is 5.88. The molecular weight excluding hydrogens is 400 g/mol. The van der Waals surface area contributed by atoms with Gasteiger partial charge in [0.05, 0.1) is 17.6 Å². The first-order valence-corrected chi connectivity index (χ1v) is 9.38. The van der Waals surface area contributed by atoms with Crippen LogP contribution in [0.2, 0.25) is 5.02 Å². The molecule has 2 aromatic rings. The molecule has 1 aromatic heterocycles. The summed E-state index contributed by atoms with van der Waals surface area (Å²) in [6.07, 6.45) is 0. The van der Waals surface area contributed by atoms with E-state index in [1.165, 1.54) is 13.2 Å². The average Bonchev–Trinajstić information content (AvgIpc) is 3.01. The van der Waals surface area contributed by atoms with Gasteiger partial charge >= 0.3 is 5.97 Å². The molecule has 0 atom stereocenters. The number of amides is 1. The van der Waals surface area contributed by atoms with Crippen molar-refractivity contribution >= 4 is 34.9 Å². The van der Waals surface area contributed by atoms with Crippen molar-refractivity contribution in [1.82, 2.24) is 9.88 Å². The molecule has 3 rings (SSSR count). The quantitative estimate of drug-likeness (QED) is 0.462. The molecule has 154 valence electrons. The summed E-state index contributed by atoms with van der Waals surface area (Å²) in [7, 11) is 1.30. The Morgan fingerprint density at radius 3 is 2.45 bits per heavy atom. The molecule has 9 nitrogen and oxygen atoms in total. The number of halogens is 1. The van der Waals surface area contributed by atoms with Crippen LogP contribution in [0.15, 0.2) is 18.2 Å². The molecule has 0 aliphatic carbocycles. The van der Waals surface area contributed by atoms with Crippen molar-refractivity contribution in [2.45, 2.75) is 13.8 Å². The molecule has 29 heavy (non-hydrogen) atoms. The van der Waals surface area contributed by atoms with E-state index in [-0.39, 0.29) is 11.6 Å². The van der Waals surface area contributed by atoms with Crippen LogP contribution in [0.1, 0.15) is 32.1 Å². The lowest BCUT2D eigenvalue weighted by atomic mass is 10.1. The maximum Gasteiger partial charge on any atom is 0.339 e. The number of carbonyl (C=O) groups is 2. The molecular formula is C19H21ClN4O5. The molecule has 0 bridgehead atoms. The summed E-state index contributed by atoms with van der Waals surface area (Å²) in [5, 5.41) is 11.6. The van der Waals surface area contributed by atoms with E-state index in [4.69, 9.17) is 16.3 Å². The number of piperazine rings is 1. The van der Waals surface area contributed by atoms with E-state index >= 15 is 0 Å². The Hall–Kier alpha value is -3.07. The Labute approximate surface area is 172 Å². The summed E-state index contributed by atoms with van der Waals surface area (Å²) in [6.45, 7) is 5.09. The molecule has 0 spiro atoms. The van der Waals surface area contributed by atoms with Gasteiger partial charge in [0.15, 0.2) is 0 Å². The van der Waals surface area contributed by atoms with Crippen molar-refractivity contribution < 1.29 is 19.2 Å². The number of aromatic amines is 1. The van der Waals surface area contributed by atoms with Crippen LogP contribution >= 0.6 is 11.6 Å². The second-order valence-electron chi connectivity index (χ2n) is 6.79. The minimum Gasteiger partial charge on any atom is -0.465 e. The van der Waals surface area contributed by atoms with Gasteiger partial charge in [-0.15, -0.1) is 0 Å². The van der Waals surface area contributed by atoms with Crippen molar-refractivity contribution in [3.8, 4) is 0 Å². The molecule has 1 aliphatic heterocycles. The SMILES string of the molecule is COC(=O)c1c(C)[nH]c(C(=O)N2CCN(c3ccc(Cl)cc3[N+](=O)[O-])CC2)c1C. The van der Waals surface area contributed by atoms with Crippen molar-refractivity contribution in [1.29, 1.82) is 0 Å². The van der Waals surface area contributed by atoms with Crippen LogP contribution in [0.25, 0.3) is 0 Å². The Bertz CT molecular complexity index is 979. The lowest BCUT2D eigenvalue weighted by Crippen LogP contribution is -2.49. The van der Waals surface area contributed by atoms with Gasteiger partial charge in [0, 0.05) is 43.0 Å². The number of nitro groups is 1. The first-order chi connectivity index (χ1) is 13.7. The molecule has 1 fully saturated rings. The van der Waals surface area contributed by atoms with Gasteiger partial charge in [-0.05, 0) is 31.5 Å². The van der Waals surface area contributed by atoms with Gasteiger partial charge in [0.2, 0.25) is 0 Å². The van der Waals surface area contributed by atoms with E-state index in [9.17, 15) is 19.7 Å². The Morgan fingerprint density at radius 2 is 1.86 bits per heavy atom. The highest BCUT2D eigenvalue weighted by Crippen LogP contribution is 2.32. The molecule has 1 aromatic carbocycles. The number of nitrogens with zero attached hydrogens (tertiary/aromatic N) is 3. The second kappa shape index (κ2) is 8.12. The topological polar surface area (TPSA) is 109 Å². The van der Waals surface area contributed by atoms with Gasteiger partial charge in [-0.25, -0.2) is 4.79 Å². The number of nitrogens with one attached hydrogen (secondary N) is 1. The lowest BCUT2D eigenvalue weighted by Gasteiger charge is -2.35. The number of hydrogen-bond donors (Lipinski definition) is 1. The summed E-state index contributed by atoms with van der Waals surface area (Å²) in [6, 6.07) is 4.56. The van der Waals surface area contributed by atoms with E-state index in [0.29, 0.717) is 59.4 Å². The first kappa shape index (κ1) is 20.7. The van der Waals surface area contributed by atoms with Crippen LogP contribution in [0.4, 0.5) is 11.4 Å².